The van der Waals surface area contributed by atoms with Gasteiger partial charge in [0.2, 0.25) is 0 Å². The van der Waals surface area contributed by atoms with E-state index in [0.717, 1.165) is 25.2 Å². The zero-order valence-electron chi connectivity index (χ0n) is 10.4. The first kappa shape index (κ1) is 12.7. The Morgan fingerprint density at radius 2 is 2.19 bits per heavy atom. The zero-order valence-corrected chi connectivity index (χ0v) is 11.3. The highest BCUT2D eigenvalue weighted by atomic mass is 32.2. The van der Waals surface area contributed by atoms with Crippen molar-refractivity contribution in [3.8, 4) is 0 Å². The van der Waals surface area contributed by atoms with E-state index in [2.05, 4.69) is 13.8 Å². The zero-order chi connectivity index (χ0) is 11.6. The van der Waals surface area contributed by atoms with Crippen LogP contribution in [-0.2, 0) is 4.74 Å². The fraction of sp³-hybridized carbons (Fsp3) is 1.00. The monoisotopic (exact) mass is 244 g/mol. The van der Waals surface area contributed by atoms with E-state index < -0.39 is 0 Å². The molecule has 2 unspecified atom stereocenters. The SMILES string of the molecule is CC(C)SCC(O)C1CCOC2(CCC2)C1. The molecule has 94 valence electrons. The Kier molecular flexibility index (Phi) is 4.20. The van der Waals surface area contributed by atoms with Crippen LogP contribution in [0.2, 0.25) is 0 Å². The predicted octanol–water partition coefficient (Wildman–Crippen LogP) is 2.84. The fourth-order valence-corrected chi connectivity index (χ4v) is 3.59. The van der Waals surface area contributed by atoms with Gasteiger partial charge in [-0.15, -0.1) is 0 Å². The van der Waals surface area contributed by atoms with E-state index in [1.54, 1.807) is 0 Å². The van der Waals surface area contributed by atoms with Gasteiger partial charge in [0.1, 0.15) is 0 Å². The highest BCUT2D eigenvalue weighted by Crippen LogP contribution is 2.45. The third-order valence-electron chi connectivity index (χ3n) is 3.94. The number of aliphatic hydroxyl groups is 1. The van der Waals surface area contributed by atoms with Gasteiger partial charge >= 0.3 is 0 Å². The van der Waals surface area contributed by atoms with E-state index in [1.165, 1.54) is 19.3 Å². The van der Waals surface area contributed by atoms with Gasteiger partial charge in [0.25, 0.3) is 0 Å². The lowest BCUT2D eigenvalue weighted by Crippen LogP contribution is -2.48. The maximum absolute atomic E-state index is 10.2. The first-order valence-corrected chi connectivity index (χ1v) is 7.60. The van der Waals surface area contributed by atoms with Crippen LogP contribution in [-0.4, -0.2) is 34.4 Å². The van der Waals surface area contributed by atoms with Crippen LogP contribution in [0.4, 0.5) is 0 Å². The minimum Gasteiger partial charge on any atom is -0.392 e. The second-order valence-electron chi connectivity index (χ2n) is 5.59. The van der Waals surface area contributed by atoms with Crippen LogP contribution in [0.15, 0.2) is 0 Å². The molecule has 0 aromatic carbocycles. The average molecular weight is 244 g/mol. The minimum absolute atomic E-state index is 0.131. The predicted molar refractivity (Wildman–Crippen MR) is 68.9 cm³/mol. The summed E-state index contributed by atoms with van der Waals surface area (Å²) in [5, 5.41) is 10.8. The topological polar surface area (TPSA) is 29.5 Å². The molecule has 0 aromatic heterocycles. The molecule has 1 spiro atoms. The lowest BCUT2D eigenvalue weighted by atomic mass is 9.71. The van der Waals surface area contributed by atoms with Crippen LogP contribution in [0.1, 0.15) is 46.0 Å². The van der Waals surface area contributed by atoms with Gasteiger partial charge < -0.3 is 9.84 Å². The number of aliphatic hydroxyl groups excluding tert-OH is 1. The normalized spacial score (nSPS) is 30.4. The second kappa shape index (κ2) is 5.28. The third-order valence-corrected chi connectivity index (χ3v) is 5.14. The summed E-state index contributed by atoms with van der Waals surface area (Å²) in [6.07, 6.45) is 5.74. The van der Waals surface area contributed by atoms with E-state index in [1.807, 2.05) is 11.8 Å². The molecule has 1 saturated heterocycles. The molecule has 2 nitrogen and oxygen atoms in total. The summed E-state index contributed by atoms with van der Waals surface area (Å²) in [4.78, 5) is 0. The molecule has 1 aliphatic heterocycles. The number of ether oxygens (including phenoxy) is 1. The van der Waals surface area contributed by atoms with Crippen LogP contribution >= 0.6 is 11.8 Å². The van der Waals surface area contributed by atoms with E-state index >= 15 is 0 Å². The average Bonchev–Trinajstić information content (AvgIpc) is 2.24. The lowest BCUT2D eigenvalue weighted by molar-refractivity contribution is -0.154. The molecule has 16 heavy (non-hydrogen) atoms. The molecular weight excluding hydrogens is 220 g/mol. The molecule has 1 N–H and O–H groups in total. The second-order valence-corrected chi connectivity index (χ2v) is 7.20. The van der Waals surface area contributed by atoms with Gasteiger partial charge in [0, 0.05) is 12.4 Å². The van der Waals surface area contributed by atoms with Crippen LogP contribution in [0.5, 0.6) is 0 Å². The van der Waals surface area contributed by atoms with Gasteiger partial charge in [-0.25, -0.2) is 0 Å². The highest BCUT2D eigenvalue weighted by molar-refractivity contribution is 7.99. The maximum Gasteiger partial charge on any atom is 0.0686 e. The summed E-state index contributed by atoms with van der Waals surface area (Å²) in [6.45, 7) is 5.23. The van der Waals surface area contributed by atoms with Gasteiger partial charge in [-0.1, -0.05) is 13.8 Å². The van der Waals surface area contributed by atoms with Crippen molar-refractivity contribution in [2.45, 2.75) is 62.9 Å². The van der Waals surface area contributed by atoms with Gasteiger partial charge in [-0.2, -0.15) is 11.8 Å². The summed E-state index contributed by atoms with van der Waals surface area (Å²) in [6, 6.07) is 0. The fourth-order valence-electron chi connectivity index (χ4n) is 2.74. The smallest absolute Gasteiger partial charge is 0.0686 e. The van der Waals surface area contributed by atoms with Crippen molar-refractivity contribution in [2.24, 2.45) is 5.92 Å². The molecule has 0 aromatic rings. The van der Waals surface area contributed by atoms with Crippen molar-refractivity contribution in [2.75, 3.05) is 12.4 Å². The molecule has 2 rings (SSSR count). The largest absolute Gasteiger partial charge is 0.392 e. The van der Waals surface area contributed by atoms with Crippen molar-refractivity contribution < 1.29 is 9.84 Å². The minimum atomic E-state index is -0.131. The Hall–Kier alpha value is 0.270. The number of thioether (sulfide) groups is 1. The molecule has 1 aliphatic carbocycles. The maximum atomic E-state index is 10.2. The van der Waals surface area contributed by atoms with E-state index in [4.69, 9.17) is 4.74 Å². The summed E-state index contributed by atoms with van der Waals surface area (Å²) in [5.74, 6) is 1.36. The van der Waals surface area contributed by atoms with Crippen molar-refractivity contribution in [1.29, 1.82) is 0 Å². The first-order valence-electron chi connectivity index (χ1n) is 6.55. The first-order chi connectivity index (χ1) is 7.61. The number of rotatable bonds is 4. The van der Waals surface area contributed by atoms with Crippen LogP contribution < -0.4 is 0 Å². The van der Waals surface area contributed by atoms with Crippen molar-refractivity contribution in [3.63, 3.8) is 0 Å². The Balaban J connectivity index is 1.79. The van der Waals surface area contributed by atoms with E-state index in [-0.39, 0.29) is 11.7 Å². The molecule has 1 heterocycles. The summed E-state index contributed by atoms with van der Waals surface area (Å²) < 4.78 is 5.89. The Morgan fingerprint density at radius 3 is 2.75 bits per heavy atom. The van der Waals surface area contributed by atoms with Crippen LogP contribution in [0.3, 0.4) is 0 Å². The molecule has 0 amide bonds. The molecule has 2 fully saturated rings. The number of hydrogen-bond acceptors (Lipinski definition) is 3. The van der Waals surface area contributed by atoms with Crippen molar-refractivity contribution >= 4 is 11.8 Å². The quantitative estimate of drug-likeness (QED) is 0.824. The summed E-state index contributed by atoms with van der Waals surface area (Å²) in [7, 11) is 0. The molecule has 2 aliphatic rings. The Bertz CT molecular complexity index is 226. The molecule has 2 atom stereocenters. The van der Waals surface area contributed by atoms with E-state index in [9.17, 15) is 5.11 Å². The number of hydrogen-bond donors (Lipinski definition) is 1. The molecule has 3 heteroatoms. The summed E-state index contributed by atoms with van der Waals surface area (Å²) >= 11 is 1.87. The third kappa shape index (κ3) is 2.93. The molecule has 1 saturated carbocycles. The Morgan fingerprint density at radius 1 is 1.44 bits per heavy atom. The van der Waals surface area contributed by atoms with Crippen molar-refractivity contribution in [3.05, 3.63) is 0 Å². The van der Waals surface area contributed by atoms with Gasteiger partial charge in [-0.05, 0) is 43.3 Å². The Labute approximate surface area is 103 Å². The van der Waals surface area contributed by atoms with Crippen LogP contribution in [0.25, 0.3) is 0 Å². The summed E-state index contributed by atoms with van der Waals surface area (Å²) in [5.41, 5.74) is 0.173. The molecule has 0 bridgehead atoms. The highest BCUT2D eigenvalue weighted by Gasteiger charge is 2.43. The standard InChI is InChI=1S/C13H24O2S/c1-10(2)16-9-12(14)11-4-7-15-13(8-11)5-3-6-13/h10-12,14H,3-9H2,1-2H3. The van der Waals surface area contributed by atoms with Crippen LogP contribution in [0, 0.1) is 5.92 Å². The van der Waals surface area contributed by atoms with Gasteiger partial charge in [0.15, 0.2) is 0 Å². The lowest BCUT2D eigenvalue weighted by Gasteiger charge is -2.48. The van der Waals surface area contributed by atoms with E-state index in [0.29, 0.717) is 11.2 Å². The van der Waals surface area contributed by atoms with Crippen molar-refractivity contribution in [1.82, 2.24) is 0 Å². The molecule has 0 radical (unpaired) electrons. The van der Waals surface area contributed by atoms with Gasteiger partial charge in [0.05, 0.1) is 11.7 Å². The van der Waals surface area contributed by atoms with Gasteiger partial charge in [-0.3, -0.25) is 0 Å². The molecular formula is C13H24O2S.